The number of carbonyl (C=O) groups is 3. The SMILES string of the molecule is CCc1ccc(N2C(=O)NC(=O)/C(=C/c3ccc(-c4ccc(OC)cc4[N+](=O)[O-])o3)C2=O)cc1. The van der Waals surface area contributed by atoms with Crippen molar-refractivity contribution in [3.63, 3.8) is 0 Å². The van der Waals surface area contributed by atoms with Gasteiger partial charge in [-0.1, -0.05) is 19.1 Å². The van der Waals surface area contributed by atoms with Crippen LogP contribution < -0.4 is 15.0 Å². The molecule has 0 saturated carbocycles. The van der Waals surface area contributed by atoms with E-state index >= 15 is 0 Å². The number of nitrogens with one attached hydrogen (secondary N) is 1. The van der Waals surface area contributed by atoms with Crippen molar-refractivity contribution < 1.29 is 28.5 Å². The van der Waals surface area contributed by atoms with Crippen LogP contribution in [0.4, 0.5) is 16.2 Å². The summed E-state index contributed by atoms with van der Waals surface area (Å²) in [6.45, 7) is 1.98. The van der Waals surface area contributed by atoms with Gasteiger partial charge in [-0.15, -0.1) is 0 Å². The fourth-order valence-corrected chi connectivity index (χ4v) is 3.49. The summed E-state index contributed by atoms with van der Waals surface area (Å²) in [6.07, 6.45) is 1.98. The molecular weight excluding hydrogens is 442 g/mol. The summed E-state index contributed by atoms with van der Waals surface area (Å²) in [4.78, 5) is 49.6. The van der Waals surface area contributed by atoms with E-state index in [1.807, 2.05) is 6.92 Å². The minimum absolute atomic E-state index is 0.106. The fraction of sp³-hybridized carbons (Fsp3) is 0.125. The number of benzene rings is 2. The van der Waals surface area contributed by atoms with Gasteiger partial charge in [0.15, 0.2) is 0 Å². The summed E-state index contributed by atoms with van der Waals surface area (Å²) in [6, 6.07) is 13.2. The minimum atomic E-state index is -0.871. The van der Waals surface area contributed by atoms with Crippen LogP contribution in [0.3, 0.4) is 0 Å². The Morgan fingerprint density at radius 3 is 2.47 bits per heavy atom. The summed E-state index contributed by atoms with van der Waals surface area (Å²) >= 11 is 0. The van der Waals surface area contributed by atoms with Gasteiger partial charge in [0, 0.05) is 0 Å². The second-order valence-electron chi connectivity index (χ2n) is 7.32. The molecule has 172 valence electrons. The maximum absolute atomic E-state index is 13.0. The van der Waals surface area contributed by atoms with Crippen molar-refractivity contribution in [2.24, 2.45) is 0 Å². The molecule has 0 atom stereocenters. The third-order valence-corrected chi connectivity index (χ3v) is 5.28. The van der Waals surface area contributed by atoms with Crippen molar-refractivity contribution in [2.45, 2.75) is 13.3 Å². The third kappa shape index (κ3) is 4.16. The van der Waals surface area contributed by atoms with Crippen molar-refractivity contribution in [3.05, 3.63) is 81.6 Å². The maximum Gasteiger partial charge on any atom is 0.335 e. The lowest BCUT2D eigenvalue weighted by atomic mass is 10.1. The largest absolute Gasteiger partial charge is 0.497 e. The highest BCUT2D eigenvalue weighted by atomic mass is 16.6. The summed E-state index contributed by atoms with van der Waals surface area (Å²) in [7, 11) is 1.40. The molecule has 2 aromatic carbocycles. The molecule has 0 radical (unpaired) electrons. The molecule has 2 heterocycles. The first-order valence-corrected chi connectivity index (χ1v) is 10.3. The molecule has 1 fully saturated rings. The molecule has 34 heavy (non-hydrogen) atoms. The fourth-order valence-electron chi connectivity index (χ4n) is 3.49. The Labute approximate surface area is 193 Å². The zero-order valence-corrected chi connectivity index (χ0v) is 18.2. The van der Waals surface area contributed by atoms with E-state index in [1.165, 1.54) is 37.5 Å². The number of methoxy groups -OCH3 is 1. The van der Waals surface area contributed by atoms with Crippen LogP contribution in [0.2, 0.25) is 0 Å². The third-order valence-electron chi connectivity index (χ3n) is 5.28. The highest BCUT2D eigenvalue weighted by Gasteiger charge is 2.37. The van der Waals surface area contributed by atoms with Gasteiger partial charge in [0.05, 0.1) is 29.4 Å². The van der Waals surface area contributed by atoms with Gasteiger partial charge in [-0.3, -0.25) is 25.0 Å². The number of urea groups is 1. The average molecular weight is 461 g/mol. The number of anilines is 1. The standard InChI is InChI=1S/C24H19N3O7/c1-3-14-4-6-15(7-5-14)26-23(29)19(22(28)25-24(26)30)12-17-9-11-21(34-17)18-10-8-16(33-2)13-20(18)27(31)32/h4-13H,3H2,1-2H3,(H,25,28,30)/b19-12-. The van der Waals surface area contributed by atoms with Gasteiger partial charge < -0.3 is 9.15 Å². The quantitative estimate of drug-likeness (QED) is 0.253. The lowest BCUT2D eigenvalue weighted by Gasteiger charge is -2.26. The van der Waals surface area contributed by atoms with E-state index < -0.39 is 22.8 Å². The number of furan rings is 1. The number of nitrogens with zero attached hydrogens (tertiary/aromatic N) is 2. The van der Waals surface area contributed by atoms with Crippen LogP contribution >= 0.6 is 0 Å². The molecule has 10 nitrogen and oxygen atoms in total. The first kappa shape index (κ1) is 22.5. The van der Waals surface area contributed by atoms with E-state index in [2.05, 4.69) is 5.32 Å². The molecule has 1 aliphatic heterocycles. The predicted octanol–water partition coefficient (Wildman–Crippen LogP) is 4.09. The molecule has 0 spiro atoms. The number of hydrogen-bond acceptors (Lipinski definition) is 7. The summed E-state index contributed by atoms with van der Waals surface area (Å²) in [5.74, 6) is -1.11. The lowest BCUT2D eigenvalue weighted by molar-refractivity contribution is -0.384. The number of ether oxygens (including phenoxy) is 1. The number of aryl methyl sites for hydroxylation is 1. The summed E-state index contributed by atoms with van der Waals surface area (Å²) in [5, 5.41) is 13.6. The first-order valence-electron chi connectivity index (χ1n) is 10.3. The van der Waals surface area contributed by atoms with E-state index in [9.17, 15) is 24.5 Å². The van der Waals surface area contributed by atoms with Crippen LogP contribution in [0.25, 0.3) is 17.4 Å². The van der Waals surface area contributed by atoms with Crippen molar-refractivity contribution in [2.75, 3.05) is 12.0 Å². The molecule has 1 saturated heterocycles. The molecule has 1 aromatic heterocycles. The Kier molecular flexibility index (Phi) is 5.96. The average Bonchev–Trinajstić information content (AvgIpc) is 3.30. The Morgan fingerprint density at radius 1 is 1.09 bits per heavy atom. The molecule has 0 bridgehead atoms. The Morgan fingerprint density at radius 2 is 1.82 bits per heavy atom. The second kappa shape index (κ2) is 9.02. The molecule has 10 heteroatoms. The normalized spacial score (nSPS) is 14.9. The second-order valence-corrected chi connectivity index (χ2v) is 7.32. The van der Waals surface area contributed by atoms with Crippen LogP contribution in [-0.4, -0.2) is 29.9 Å². The van der Waals surface area contributed by atoms with Gasteiger partial charge in [0.1, 0.15) is 22.8 Å². The number of barbiturate groups is 1. The highest BCUT2D eigenvalue weighted by molar-refractivity contribution is 6.39. The number of amides is 4. The predicted molar refractivity (Wildman–Crippen MR) is 122 cm³/mol. The monoisotopic (exact) mass is 461 g/mol. The summed E-state index contributed by atoms with van der Waals surface area (Å²) in [5.41, 5.74) is 0.988. The smallest absolute Gasteiger partial charge is 0.335 e. The maximum atomic E-state index is 13.0. The first-order chi connectivity index (χ1) is 16.3. The number of nitro groups is 1. The number of nitro benzene ring substituents is 1. The number of rotatable bonds is 6. The van der Waals surface area contributed by atoms with Gasteiger partial charge in [-0.2, -0.15) is 0 Å². The van der Waals surface area contributed by atoms with Gasteiger partial charge in [-0.05, 0) is 54.5 Å². The topological polar surface area (TPSA) is 132 Å². The highest BCUT2D eigenvalue weighted by Crippen LogP contribution is 2.34. The van der Waals surface area contributed by atoms with Crippen molar-refractivity contribution >= 4 is 35.3 Å². The number of imide groups is 2. The molecule has 4 rings (SSSR count). The Balaban J connectivity index is 1.68. The van der Waals surface area contributed by atoms with E-state index in [0.29, 0.717) is 11.4 Å². The van der Waals surface area contributed by atoms with E-state index in [-0.39, 0.29) is 28.3 Å². The van der Waals surface area contributed by atoms with E-state index in [0.717, 1.165) is 16.9 Å². The Bertz CT molecular complexity index is 1340. The van der Waals surface area contributed by atoms with Crippen LogP contribution in [0.1, 0.15) is 18.2 Å². The number of hydrogen-bond donors (Lipinski definition) is 1. The molecule has 3 aromatic rings. The molecular formula is C24H19N3O7. The van der Waals surface area contributed by atoms with E-state index in [4.69, 9.17) is 9.15 Å². The molecule has 0 unspecified atom stereocenters. The van der Waals surface area contributed by atoms with Gasteiger partial charge in [-0.25, -0.2) is 9.69 Å². The Hall–Kier alpha value is -4.73. The van der Waals surface area contributed by atoms with Gasteiger partial charge in [0.2, 0.25) is 0 Å². The van der Waals surface area contributed by atoms with Crippen LogP contribution in [-0.2, 0) is 16.0 Å². The minimum Gasteiger partial charge on any atom is -0.497 e. The van der Waals surface area contributed by atoms with Crippen LogP contribution in [0.5, 0.6) is 5.75 Å². The number of carbonyl (C=O) groups excluding carboxylic acids is 3. The van der Waals surface area contributed by atoms with Crippen LogP contribution in [0.15, 0.2) is 64.6 Å². The van der Waals surface area contributed by atoms with E-state index in [1.54, 1.807) is 30.3 Å². The van der Waals surface area contributed by atoms with Crippen LogP contribution in [0, 0.1) is 10.1 Å². The zero-order valence-electron chi connectivity index (χ0n) is 18.2. The van der Waals surface area contributed by atoms with Gasteiger partial charge >= 0.3 is 6.03 Å². The molecule has 1 aliphatic rings. The van der Waals surface area contributed by atoms with Crippen molar-refractivity contribution in [3.8, 4) is 17.1 Å². The van der Waals surface area contributed by atoms with Gasteiger partial charge in [0.25, 0.3) is 17.5 Å². The molecule has 0 aliphatic carbocycles. The zero-order chi connectivity index (χ0) is 24.4. The van der Waals surface area contributed by atoms with Crippen molar-refractivity contribution in [1.29, 1.82) is 0 Å². The lowest BCUT2D eigenvalue weighted by Crippen LogP contribution is -2.54. The summed E-state index contributed by atoms with van der Waals surface area (Å²) < 4.78 is 10.7. The van der Waals surface area contributed by atoms with Crippen molar-refractivity contribution in [1.82, 2.24) is 5.32 Å². The molecule has 4 amide bonds. The molecule has 1 N–H and O–H groups in total.